The zero-order valence-corrected chi connectivity index (χ0v) is 26.0. The van der Waals surface area contributed by atoms with Crippen molar-refractivity contribution in [2.45, 2.75) is 0 Å². The summed E-state index contributed by atoms with van der Waals surface area (Å²) in [6.45, 7) is 4.57. The van der Waals surface area contributed by atoms with Gasteiger partial charge in [0.1, 0.15) is 17.5 Å². The highest BCUT2D eigenvalue weighted by atomic mass is 16.2. The van der Waals surface area contributed by atoms with Crippen molar-refractivity contribution in [1.29, 1.82) is 0 Å². The predicted molar refractivity (Wildman–Crippen MR) is 188 cm³/mol. The molecule has 4 aromatic carbocycles. The van der Waals surface area contributed by atoms with Crippen molar-refractivity contribution in [3.63, 3.8) is 0 Å². The highest BCUT2D eigenvalue weighted by Gasteiger charge is 2.19. The molecule has 3 heterocycles. The summed E-state index contributed by atoms with van der Waals surface area (Å²) in [5.74, 6) is 1.06. The van der Waals surface area contributed by atoms with Gasteiger partial charge >= 0.3 is 0 Å². The van der Waals surface area contributed by atoms with Crippen molar-refractivity contribution < 1.29 is 14.4 Å². The Hall–Kier alpha value is -6.30. The lowest BCUT2D eigenvalue weighted by atomic mass is 10.0. The fraction of sp³-hybridized carbons (Fsp3) is 0.167. The van der Waals surface area contributed by atoms with Crippen LogP contribution in [0.1, 0.15) is 47.8 Å². The quantitative estimate of drug-likeness (QED) is 0.164. The monoisotopic (exact) mass is 639 g/mol. The molecule has 0 unspecified atom stereocenters. The average Bonchev–Trinajstić information content (AvgIpc) is 3.94. The van der Waals surface area contributed by atoms with E-state index >= 15 is 0 Å². The summed E-state index contributed by atoms with van der Waals surface area (Å²) >= 11 is 0. The zero-order valence-electron chi connectivity index (χ0n) is 26.0. The van der Waals surface area contributed by atoms with Crippen LogP contribution in [-0.2, 0) is 0 Å². The van der Waals surface area contributed by atoms with Gasteiger partial charge < -0.3 is 31.9 Å². The Balaban J connectivity index is 1.12. The van der Waals surface area contributed by atoms with Gasteiger partial charge in [0, 0.05) is 70.1 Å². The third-order valence-corrected chi connectivity index (χ3v) is 7.99. The van der Waals surface area contributed by atoms with Gasteiger partial charge in [0.2, 0.25) is 0 Å². The van der Waals surface area contributed by atoms with Crippen molar-refractivity contribution in [2.24, 2.45) is 15.0 Å². The van der Waals surface area contributed by atoms with Crippen LogP contribution >= 0.6 is 0 Å². The SMILES string of the molecule is O=C(Nc1ccc(C2=NCCN2)cc1)c1cc(C(=O)Nc2ccc(C3=NCCN3)cc2)cc(C(=O)Nc2ccc(C3=NCCN3)cc2)c1. The van der Waals surface area contributed by atoms with Crippen LogP contribution in [0.15, 0.2) is 106 Å². The molecule has 12 heteroatoms. The number of amides is 3. The van der Waals surface area contributed by atoms with E-state index in [1.54, 1.807) is 36.4 Å². The van der Waals surface area contributed by atoms with Crippen LogP contribution in [0.4, 0.5) is 17.1 Å². The van der Waals surface area contributed by atoms with Gasteiger partial charge in [-0.3, -0.25) is 29.4 Å². The minimum absolute atomic E-state index is 0.153. The molecule has 0 bridgehead atoms. The number of carbonyl (C=O) groups is 3. The number of anilines is 3. The summed E-state index contributed by atoms with van der Waals surface area (Å²) in [6.07, 6.45) is 0. The Morgan fingerprint density at radius 2 is 0.708 bits per heavy atom. The maximum Gasteiger partial charge on any atom is 0.255 e. The minimum Gasteiger partial charge on any atom is -0.368 e. The molecule has 0 aliphatic carbocycles. The number of rotatable bonds is 9. The molecule has 0 saturated heterocycles. The normalized spacial score (nSPS) is 14.9. The van der Waals surface area contributed by atoms with Crippen LogP contribution in [0.2, 0.25) is 0 Å². The summed E-state index contributed by atoms with van der Waals surface area (Å²) in [6, 6.07) is 26.4. The van der Waals surface area contributed by atoms with Gasteiger partial charge in [-0.05, 0) is 91.0 Å². The molecule has 240 valence electrons. The molecule has 0 atom stereocenters. The number of hydrogen-bond acceptors (Lipinski definition) is 9. The van der Waals surface area contributed by atoms with E-state index in [4.69, 9.17) is 0 Å². The van der Waals surface area contributed by atoms with Gasteiger partial charge in [-0.1, -0.05) is 0 Å². The van der Waals surface area contributed by atoms with E-state index in [0.717, 1.165) is 73.5 Å². The Morgan fingerprint density at radius 1 is 0.438 bits per heavy atom. The lowest BCUT2D eigenvalue weighted by Gasteiger charge is -2.13. The summed E-state index contributed by atoms with van der Waals surface area (Å²) in [7, 11) is 0. The first-order valence-corrected chi connectivity index (χ1v) is 15.7. The minimum atomic E-state index is -0.467. The molecule has 0 radical (unpaired) electrons. The molecule has 0 saturated carbocycles. The number of carbonyl (C=O) groups excluding carboxylic acids is 3. The number of aliphatic imine (C=N–C) groups is 3. The maximum atomic E-state index is 13.5. The van der Waals surface area contributed by atoms with Gasteiger partial charge in [-0.2, -0.15) is 0 Å². The number of nitrogens with zero attached hydrogens (tertiary/aromatic N) is 3. The van der Waals surface area contributed by atoms with E-state index in [-0.39, 0.29) is 16.7 Å². The van der Waals surface area contributed by atoms with Crippen LogP contribution < -0.4 is 31.9 Å². The van der Waals surface area contributed by atoms with Gasteiger partial charge in [0.05, 0.1) is 19.6 Å². The molecule has 7 rings (SSSR count). The molecule has 12 nitrogen and oxygen atoms in total. The van der Waals surface area contributed by atoms with Crippen LogP contribution in [0.25, 0.3) is 0 Å². The summed E-state index contributed by atoms with van der Waals surface area (Å²) in [5.41, 5.74) is 4.90. The van der Waals surface area contributed by atoms with Crippen LogP contribution in [0.5, 0.6) is 0 Å². The topological polar surface area (TPSA) is 160 Å². The highest BCUT2D eigenvalue weighted by molar-refractivity contribution is 6.13. The lowest BCUT2D eigenvalue weighted by molar-refractivity contribution is 0.102. The molecular formula is C36H33N9O3. The smallest absolute Gasteiger partial charge is 0.255 e. The van der Waals surface area contributed by atoms with E-state index in [0.29, 0.717) is 17.1 Å². The van der Waals surface area contributed by atoms with Crippen LogP contribution in [0.3, 0.4) is 0 Å². The summed E-state index contributed by atoms with van der Waals surface area (Å²) < 4.78 is 0. The van der Waals surface area contributed by atoms with Crippen LogP contribution in [-0.4, -0.2) is 74.5 Å². The Morgan fingerprint density at radius 3 is 0.938 bits per heavy atom. The Labute approximate surface area is 276 Å². The van der Waals surface area contributed by atoms with Gasteiger partial charge in [-0.15, -0.1) is 0 Å². The molecule has 0 aromatic heterocycles. The van der Waals surface area contributed by atoms with Crippen molar-refractivity contribution >= 4 is 52.3 Å². The van der Waals surface area contributed by atoms with E-state index in [1.165, 1.54) is 18.2 Å². The van der Waals surface area contributed by atoms with E-state index < -0.39 is 17.7 Å². The number of nitrogens with one attached hydrogen (secondary N) is 6. The fourth-order valence-electron chi connectivity index (χ4n) is 5.54. The van der Waals surface area contributed by atoms with Crippen molar-refractivity contribution in [2.75, 3.05) is 55.2 Å². The van der Waals surface area contributed by atoms with Crippen molar-refractivity contribution in [1.82, 2.24) is 16.0 Å². The molecule has 48 heavy (non-hydrogen) atoms. The fourth-order valence-corrected chi connectivity index (χ4v) is 5.54. The molecule has 3 aliphatic heterocycles. The molecule has 3 amide bonds. The van der Waals surface area contributed by atoms with Crippen molar-refractivity contribution in [3.8, 4) is 0 Å². The zero-order chi connectivity index (χ0) is 32.9. The Kier molecular flexibility index (Phi) is 8.60. The number of hydrogen-bond donors (Lipinski definition) is 6. The third kappa shape index (κ3) is 6.92. The number of benzene rings is 4. The van der Waals surface area contributed by atoms with E-state index in [1.807, 2.05) is 36.4 Å². The van der Waals surface area contributed by atoms with Gasteiger partial charge in [-0.25, -0.2) is 0 Å². The first-order valence-electron chi connectivity index (χ1n) is 15.7. The maximum absolute atomic E-state index is 13.5. The third-order valence-electron chi connectivity index (χ3n) is 7.99. The summed E-state index contributed by atoms with van der Waals surface area (Å²) in [4.78, 5) is 53.8. The first kappa shape index (κ1) is 30.4. The van der Waals surface area contributed by atoms with E-state index in [2.05, 4.69) is 46.9 Å². The second-order valence-corrected chi connectivity index (χ2v) is 11.4. The predicted octanol–water partition coefficient (Wildman–Crippen LogP) is 3.49. The second-order valence-electron chi connectivity index (χ2n) is 11.4. The molecule has 0 fully saturated rings. The molecule has 4 aromatic rings. The number of amidine groups is 3. The average molecular weight is 640 g/mol. The first-order chi connectivity index (χ1) is 23.5. The molecular weight excluding hydrogens is 606 g/mol. The van der Waals surface area contributed by atoms with E-state index in [9.17, 15) is 14.4 Å². The second kappa shape index (κ2) is 13.6. The summed E-state index contributed by atoms with van der Waals surface area (Å²) in [5, 5.41) is 18.3. The largest absolute Gasteiger partial charge is 0.368 e. The highest BCUT2D eigenvalue weighted by Crippen LogP contribution is 2.20. The van der Waals surface area contributed by atoms with Gasteiger partial charge in [0.15, 0.2) is 0 Å². The Bertz CT molecular complexity index is 1730. The standard InChI is InChI=1S/C36H33N9O3/c46-34(43-28-7-1-22(2-8-28)31-37-13-14-38-31)25-19-26(35(47)44-29-9-3-23(4-10-29)32-39-15-16-40-32)21-27(20-25)36(48)45-30-11-5-24(6-12-30)33-41-17-18-42-33/h1-12,19-21H,13-18H2,(H,37,38)(H,39,40)(H,41,42)(H,43,46)(H,44,47)(H,45,48). The van der Waals surface area contributed by atoms with Crippen LogP contribution in [0, 0.1) is 0 Å². The van der Waals surface area contributed by atoms with Crippen molar-refractivity contribution in [3.05, 3.63) is 124 Å². The molecule has 3 aliphatic rings. The molecule has 6 N–H and O–H groups in total. The molecule has 0 spiro atoms. The van der Waals surface area contributed by atoms with Gasteiger partial charge in [0.25, 0.3) is 17.7 Å². The lowest BCUT2D eigenvalue weighted by Crippen LogP contribution is -2.20.